The standard InChI is InChI=1S/C25H39N7O5.C17H22FN3OS/c1-15(26)21(33)31-19(8-5-13-29-25(27)28)22(34)32-20(14-16-6-3-2-4-7-16)23(35)30-18-11-9-17(10-12-18)24(36)37;1-3-11(2)15(19)16(22)21-14(17-20-8-9-23-17)10-12-4-6-13(18)7-5-12/h2-4,6-7,15,17-20H,5,8-14,26H2,1H3,(H,30,35)(H,31,33)(H,32,34)(H,36,37)(H4,27,28,29);4-9,11,14-15H,3,10,19H2,1-2H3,(H,21,22)/t15-,17?,18?,19-,20-;11-,14-,15-/m00/s1. The van der Waals surface area contributed by atoms with Crippen molar-refractivity contribution < 1.29 is 33.5 Å². The molecule has 0 bridgehead atoms. The summed E-state index contributed by atoms with van der Waals surface area (Å²) in [4.78, 5) is 70.6. The molecule has 1 saturated carbocycles. The van der Waals surface area contributed by atoms with Crippen LogP contribution >= 0.6 is 11.3 Å². The molecule has 3 aromatic rings. The third kappa shape index (κ3) is 17.0. The summed E-state index contributed by atoms with van der Waals surface area (Å²) in [6.07, 6.45) is 6.05. The summed E-state index contributed by atoms with van der Waals surface area (Å²) in [5.41, 5.74) is 24.2. The molecule has 13 N–H and O–H groups in total. The number of carbonyl (C=O) groups excluding carboxylic acids is 4. The quantitative estimate of drug-likeness (QED) is 0.0452. The number of rotatable bonds is 20. The minimum Gasteiger partial charge on any atom is -0.481 e. The highest BCUT2D eigenvalue weighted by Crippen LogP contribution is 2.25. The number of nitrogens with one attached hydrogen (secondary N) is 4. The molecule has 4 rings (SSSR count). The second-order valence-electron chi connectivity index (χ2n) is 15.1. The molecule has 18 heteroatoms. The van der Waals surface area contributed by atoms with Crippen molar-refractivity contribution in [2.75, 3.05) is 6.54 Å². The molecule has 1 aliphatic carbocycles. The maximum Gasteiger partial charge on any atom is 0.306 e. The number of benzene rings is 2. The molecule has 1 heterocycles. The van der Waals surface area contributed by atoms with E-state index in [0.717, 1.165) is 22.6 Å². The van der Waals surface area contributed by atoms with Crippen molar-refractivity contribution in [2.45, 2.75) is 115 Å². The van der Waals surface area contributed by atoms with E-state index in [9.17, 15) is 33.5 Å². The predicted molar refractivity (Wildman–Crippen MR) is 230 cm³/mol. The SMILES string of the molecule is CC[C@H](C)[C@H](N)C(=O)N[C@@H](Cc1ccc(F)cc1)c1nccs1.C[C@H](N)C(=O)N[C@@H](CCCN=C(N)N)C(=O)N[C@@H](Cc1ccccc1)C(=O)NC1CCC(C(=O)O)CC1. The molecule has 1 fully saturated rings. The van der Waals surface area contributed by atoms with Crippen LogP contribution in [-0.2, 0) is 36.8 Å². The Labute approximate surface area is 354 Å². The van der Waals surface area contributed by atoms with E-state index in [-0.39, 0.29) is 61.0 Å². The lowest BCUT2D eigenvalue weighted by Crippen LogP contribution is -2.57. The zero-order valence-electron chi connectivity index (χ0n) is 34.5. The Morgan fingerprint density at radius 1 is 0.850 bits per heavy atom. The normalized spacial score (nSPS) is 17.8. The number of guanidine groups is 1. The summed E-state index contributed by atoms with van der Waals surface area (Å²) in [6, 6.07) is 11.9. The number of amides is 4. The fourth-order valence-electron chi connectivity index (χ4n) is 6.44. The van der Waals surface area contributed by atoms with Crippen LogP contribution in [0.1, 0.15) is 87.9 Å². The van der Waals surface area contributed by atoms with Gasteiger partial charge in [0.1, 0.15) is 22.9 Å². The van der Waals surface area contributed by atoms with Crippen LogP contribution in [-0.4, -0.2) is 82.4 Å². The van der Waals surface area contributed by atoms with E-state index >= 15 is 0 Å². The van der Waals surface area contributed by atoms with Gasteiger partial charge in [-0.3, -0.25) is 29.0 Å². The first-order chi connectivity index (χ1) is 28.6. The molecule has 1 aliphatic rings. The highest BCUT2D eigenvalue weighted by Gasteiger charge is 2.31. The van der Waals surface area contributed by atoms with Gasteiger partial charge >= 0.3 is 5.97 Å². The second kappa shape index (κ2) is 25.2. The summed E-state index contributed by atoms with van der Waals surface area (Å²) in [5, 5.41) is 23.3. The molecule has 16 nitrogen and oxygen atoms in total. The van der Waals surface area contributed by atoms with Crippen molar-refractivity contribution in [1.29, 1.82) is 0 Å². The van der Waals surface area contributed by atoms with Gasteiger partial charge in [0.2, 0.25) is 23.6 Å². The van der Waals surface area contributed by atoms with E-state index < -0.39 is 47.9 Å². The number of thiazole rings is 1. The third-order valence-corrected chi connectivity index (χ3v) is 11.2. The largest absolute Gasteiger partial charge is 0.481 e. The first-order valence-electron chi connectivity index (χ1n) is 20.3. The predicted octanol–water partition coefficient (Wildman–Crippen LogP) is 2.41. The minimum absolute atomic E-state index is 0.0717. The molecular formula is C42H61FN10O6S. The highest BCUT2D eigenvalue weighted by molar-refractivity contribution is 7.09. The number of nitrogens with zero attached hydrogens (tertiary/aromatic N) is 2. The average molecular weight is 853 g/mol. The van der Waals surface area contributed by atoms with Crippen LogP contribution in [0, 0.1) is 17.7 Å². The molecule has 0 radical (unpaired) electrons. The molecule has 2 aromatic carbocycles. The van der Waals surface area contributed by atoms with E-state index in [1.165, 1.54) is 30.4 Å². The zero-order chi connectivity index (χ0) is 44.2. The van der Waals surface area contributed by atoms with Crippen molar-refractivity contribution >= 4 is 46.9 Å². The molecule has 6 atom stereocenters. The molecule has 0 aliphatic heterocycles. The number of hydrogen-bond acceptors (Lipinski definition) is 10. The van der Waals surface area contributed by atoms with Gasteiger partial charge in [-0.2, -0.15) is 0 Å². The van der Waals surface area contributed by atoms with Crippen LogP contribution in [0.2, 0.25) is 0 Å². The molecular weight excluding hydrogens is 792 g/mol. The number of aromatic nitrogens is 1. The van der Waals surface area contributed by atoms with Gasteiger partial charge < -0.3 is 49.3 Å². The topological polar surface area (TPSA) is 283 Å². The maximum absolute atomic E-state index is 13.3. The van der Waals surface area contributed by atoms with E-state index in [4.69, 9.17) is 22.9 Å². The van der Waals surface area contributed by atoms with Crippen LogP contribution in [0.5, 0.6) is 0 Å². The lowest BCUT2D eigenvalue weighted by molar-refractivity contribution is -0.143. The van der Waals surface area contributed by atoms with E-state index in [1.54, 1.807) is 18.3 Å². The Morgan fingerprint density at radius 3 is 2.05 bits per heavy atom. The fraction of sp³-hybridized carbons (Fsp3) is 0.500. The molecule has 60 heavy (non-hydrogen) atoms. The average Bonchev–Trinajstić information content (AvgIpc) is 3.77. The Kier molecular flexibility index (Phi) is 20.6. The third-order valence-electron chi connectivity index (χ3n) is 10.3. The van der Waals surface area contributed by atoms with Crippen LogP contribution in [0.15, 0.2) is 71.2 Å². The molecule has 0 spiro atoms. The van der Waals surface area contributed by atoms with Gasteiger partial charge in [-0.25, -0.2) is 9.37 Å². The van der Waals surface area contributed by atoms with Gasteiger partial charge in [0.05, 0.1) is 24.0 Å². The lowest BCUT2D eigenvalue weighted by Gasteiger charge is -2.29. The summed E-state index contributed by atoms with van der Waals surface area (Å²) in [7, 11) is 0. The summed E-state index contributed by atoms with van der Waals surface area (Å²) in [6.45, 7) is 5.75. The number of carboxylic acid groups (broad SMARTS) is 1. The monoisotopic (exact) mass is 852 g/mol. The zero-order valence-corrected chi connectivity index (χ0v) is 35.3. The maximum atomic E-state index is 13.3. The Balaban J connectivity index is 0.000000357. The number of nitrogens with two attached hydrogens (primary N) is 4. The number of halogens is 1. The van der Waals surface area contributed by atoms with Gasteiger partial charge in [0, 0.05) is 30.6 Å². The smallest absolute Gasteiger partial charge is 0.306 e. The minimum atomic E-state index is -0.940. The molecule has 0 unspecified atom stereocenters. The van der Waals surface area contributed by atoms with E-state index in [0.29, 0.717) is 38.5 Å². The first-order valence-corrected chi connectivity index (χ1v) is 21.1. The van der Waals surface area contributed by atoms with Gasteiger partial charge in [0.15, 0.2) is 5.96 Å². The summed E-state index contributed by atoms with van der Waals surface area (Å²) in [5.74, 6) is -3.03. The molecule has 4 amide bonds. The Morgan fingerprint density at radius 2 is 1.48 bits per heavy atom. The van der Waals surface area contributed by atoms with Crippen molar-refractivity contribution in [1.82, 2.24) is 26.3 Å². The van der Waals surface area contributed by atoms with E-state index in [2.05, 4.69) is 31.2 Å². The summed E-state index contributed by atoms with van der Waals surface area (Å²) < 4.78 is 13.0. The van der Waals surface area contributed by atoms with Crippen LogP contribution in [0.25, 0.3) is 0 Å². The van der Waals surface area contributed by atoms with Crippen LogP contribution in [0.3, 0.4) is 0 Å². The first kappa shape index (κ1) is 48.9. The van der Waals surface area contributed by atoms with E-state index in [1.807, 2.05) is 49.6 Å². The van der Waals surface area contributed by atoms with Gasteiger partial charge in [-0.15, -0.1) is 11.3 Å². The highest BCUT2D eigenvalue weighted by atomic mass is 32.1. The van der Waals surface area contributed by atoms with Gasteiger partial charge in [-0.1, -0.05) is 62.7 Å². The number of carboxylic acids is 1. The van der Waals surface area contributed by atoms with Gasteiger partial charge in [-0.05, 0) is 81.0 Å². The van der Waals surface area contributed by atoms with Gasteiger partial charge in [0.25, 0.3) is 0 Å². The number of aliphatic carboxylic acids is 1. The number of aliphatic imine (C=N–C) groups is 1. The fourth-order valence-corrected chi connectivity index (χ4v) is 7.13. The van der Waals surface area contributed by atoms with Crippen LogP contribution < -0.4 is 44.2 Å². The Hall–Kier alpha value is -5.46. The second-order valence-corrected chi connectivity index (χ2v) is 16.0. The van der Waals surface area contributed by atoms with Crippen molar-refractivity contribution in [2.24, 2.45) is 39.8 Å². The molecule has 1 aromatic heterocycles. The number of carbonyl (C=O) groups is 5. The van der Waals surface area contributed by atoms with Crippen molar-refractivity contribution in [3.8, 4) is 0 Å². The number of hydrogen-bond donors (Lipinski definition) is 9. The molecule has 0 saturated heterocycles. The summed E-state index contributed by atoms with van der Waals surface area (Å²) >= 11 is 1.48. The lowest BCUT2D eigenvalue weighted by atomic mass is 9.86. The Bertz CT molecular complexity index is 1820. The van der Waals surface area contributed by atoms with Crippen molar-refractivity contribution in [3.05, 3.63) is 88.1 Å². The molecule has 328 valence electrons. The van der Waals surface area contributed by atoms with Crippen LogP contribution in [0.4, 0.5) is 4.39 Å². The van der Waals surface area contributed by atoms with Crippen molar-refractivity contribution in [3.63, 3.8) is 0 Å².